The predicted octanol–water partition coefficient (Wildman–Crippen LogP) is 5.29. The molecule has 1 N–H and O–H groups in total. The number of nitrogens with one attached hydrogen (secondary N) is 1. The standard InChI is InChI=1S/C24H24N2O3S2/c1-17(27)19-11-13-20(14-12-19)25-22(28)10-6-3-7-15-26-23(29)21(31-24(26)30)16-18-8-4-2-5-9-18/h2,4-5,8-9,11-14,16H,3,6-7,10,15H2,1H3,(H,25,28)/b21-16-. The highest BCUT2D eigenvalue weighted by molar-refractivity contribution is 8.26. The van der Waals surface area contributed by atoms with Gasteiger partial charge in [-0.25, -0.2) is 0 Å². The van der Waals surface area contributed by atoms with E-state index < -0.39 is 0 Å². The number of ketones is 1. The highest BCUT2D eigenvalue weighted by Gasteiger charge is 2.31. The predicted molar refractivity (Wildman–Crippen MR) is 130 cm³/mol. The number of unbranched alkanes of at least 4 members (excludes halogenated alkanes) is 2. The van der Waals surface area contributed by atoms with Crippen LogP contribution in [0.4, 0.5) is 5.69 Å². The van der Waals surface area contributed by atoms with Gasteiger partial charge in [0.05, 0.1) is 4.91 Å². The summed E-state index contributed by atoms with van der Waals surface area (Å²) in [6.07, 6.45) is 4.61. The van der Waals surface area contributed by atoms with Gasteiger partial charge in [0.25, 0.3) is 5.91 Å². The van der Waals surface area contributed by atoms with E-state index in [2.05, 4.69) is 5.32 Å². The molecule has 0 radical (unpaired) electrons. The average molecular weight is 453 g/mol. The van der Waals surface area contributed by atoms with E-state index in [4.69, 9.17) is 12.2 Å². The van der Waals surface area contributed by atoms with Gasteiger partial charge in [0.2, 0.25) is 5.91 Å². The van der Waals surface area contributed by atoms with Crippen LogP contribution in [0.5, 0.6) is 0 Å². The molecule has 0 saturated carbocycles. The Morgan fingerprint density at radius 3 is 2.42 bits per heavy atom. The Morgan fingerprint density at radius 2 is 1.74 bits per heavy atom. The Hall–Kier alpha value is -2.77. The number of anilines is 1. The molecule has 31 heavy (non-hydrogen) atoms. The maximum Gasteiger partial charge on any atom is 0.266 e. The van der Waals surface area contributed by atoms with E-state index in [0.717, 1.165) is 24.8 Å². The highest BCUT2D eigenvalue weighted by atomic mass is 32.2. The average Bonchev–Trinajstić information content (AvgIpc) is 3.01. The van der Waals surface area contributed by atoms with Crippen LogP contribution >= 0.6 is 24.0 Å². The molecule has 1 aliphatic rings. The number of nitrogens with zero attached hydrogens (tertiary/aromatic N) is 1. The Morgan fingerprint density at radius 1 is 1.03 bits per heavy atom. The van der Waals surface area contributed by atoms with Crippen LogP contribution < -0.4 is 5.32 Å². The van der Waals surface area contributed by atoms with Crippen LogP contribution in [-0.4, -0.2) is 33.4 Å². The fourth-order valence-electron chi connectivity index (χ4n) is 3.14. The van der Waals surface area contributed by atoms with Crippen LogP contribution in [0, 0.1) is 0 Å². The number of hydrogen-bond donors (Lipinski definition) is 1. The van der Waals surface area contributed by atoms with Crippen LogP contribution in [0.25, 0.3) is 6.08 Å². The molecule has 7 heteroatoms. The van der Waals surface area contributed by atoms with E-state index in [9.17, 15) is 14.4 Å². The van der Waals surface area contributed by atoms with E-state index in [0.29, 0.717) is 33.4 Å². The Bertz CT molecular complexity index is 1000. The van der Waals surface area contributed by atoms with Gasteiger partial charge >= 0.3 is 0 Å². The maximum absolute atomic E-state index is 12.6. The minimum Gasteiger partial charge on any atom is -0.326 e. The van der Waals surface area contributed by atoms with Crippen LogP contribution in [0.1, 0.15) is 48.5 Å². The Labute approximate surface area is 191 Å². The minimum absolute atomic E-state index is 0.00470. The lowest BCUT2D eigenvalue weighted by Gasteiger charge is -2.14. The lowest BCUT2D eigenvalue weighted by molar-refractivity contribution is -0.122. The molecular formula is C24H24N2O3S2. The number of thioether (sulfide) groups is 1. The van der Waals surface area contributed by atoms with Crippen molar-refractivity contribution in [1.82, 2.24) is 4.90 Å². The number of hydrogen-bond acceptors (Lipinski definition) is 5. The summed E-state index contributed by atoms with van der Waals surface area (Å²) in [5.74, 6) is -0.118. The second-order valence-corrected chi connectivity index (χ2v) is 8.91. The molecular weight excluding hydrogens is 428 g/mol. The molecule has 1 saturated heterocycles. The molecule has 1 heterocycles. The highest BCUT2D eigenvalue weighted by Crippen LogP contribution is 2.32. The van der Waals surface area contributed by atoms with E-state index in [1.165, 1.54) is 18.7 Å². The number of thiocarbonyl (C=S) groups is 1. The zero-order valence-corrected chi connectivity index (χ0v) is 18.9. The summed E-state index contributed by atoms with van der Waals surface area (Å²) in [4.78, 5) is 38.3. The first kappa shape index (κ1) is 22.9. The van der Waals surface area contributed by atoms with Gasteiger partial charge in [0, 0.05) is 24.2 Å². The van der Waals surface area contributed by atoms with Crippen LogP contribution in [0.2, 0.25) is 0 Å². The number of amides is 2. The second kappa shape index (κ2) is 11.0. The zero-order valence-electron chi connectivity index (χ0n) is 17.3. The van der Waals surface area contributed by atoms with Crippen molar-refractivity contribution in [2.45, 2.75) is 32.6 Å². The molecule has 5 nitrogen and oxygen atoms in total. The molecule has 0 bridgehead atoms. The lowest BCUT2D eigenvalue weighted by atomic mass is 10.1. The zero-order chi connectivity index (χ0) is 22.2. The van der Waals surface area contributed by atoms with Crippen LogP contribution in [0.15, 0.2) is 59.5 Å². The topological polar surface area (TPSA) is 66.5 Å². The Kier molecular flexibility index (Phi) is 8.14. The molecule has 1 fully saturated rings. The molecule has 2 amide bonds. The fourth-order valence-corrected chi connectivity index (χ4v) is 4.45. The third-order valence-electron chi connectivity index (χ3n) is 4.83. The first-order valence-corrected chi connectivity index (χ1v) is 11.4. The van der Waals surface area contributed by atoms with Crippen molar-refractivity contribution in [3.8, 4) is 0 Å². The van der Waals surface area contributed by atoms with Crippen molar-refractivity contribution in [2.24, 2.45) is 0 Å². The fraction of sp³-hybridized carbons (Fsp3) is 0.250. The van der Waals surface area contributed by atoms with Gasteiger partial charge in [-0.15, -0.1) is 0 Å². The van der Waals surface area contributed by atoms with E-state index in [-0.39, 0.29) is 17.6 Å². The van der Waals surface area contributed by atoms with Crippen molar-refractivity contribution in [3.05, 3.63) is 70.6 Å². The second-order valence-electron chi connectivity index (χ2n) is 7.24. The molecule has 0 aliphatic carbocycles. The molecule has 2 aromatic rings. The summed E-state index contributed by atoms with van der Waals surface area (Å²) in [5, 5.41) is 2.84. The minimum atomic E-state index is -0.0630. The first-order chi connectivity index (χ1) is 14.9. The quantitative estimate of drug-likeness (QED) is 0.242. The molecule has 3 rings (SSSR count). The van der Waals surface area contributed by atoms with Crippen molar-refractivity contribution < 1.29 is 14.4 Å². The molecule has 0 aromatic heterocycles. The summed E-state index contributed by atoms with van der Waals surface area (Å²) >= 11 is 6.70. The Balaban J connectivity index is 1.39. The monoisotopic (exact) mass is 452 g/mol. The SMILES string of the molecule is CC(=O)c1ccc(NC(=O)CCCCCN2C(=O)/C(=C/c3ccccc3)SC2=S)cc1. The molecule has 0 spiro atoms. The van der Waals surface area contributed by atoms with E-state index in [1.54, 1.807) is 29.2 Å². The molecule has 1 aliphatic heterocycles. The molecule has 0 unspecified atom stereocenters. The van der Waals surface area contributed by atoms with Gasteiger partial charge < -0.3 is 5.32 Å². The summed E-state index contributed by atoms with van der Waals surface area (Å²) < 4.78 is 0.582. The molecule has 0 atom stereocenters. The van der Waals surface area contributed by atoms with Gasteiger partial charge in [-0.05, 0) is 55.7 Å². The van der Waals surface area contributed by atoms with Crippen LogP contribution in [-0.2, 0) is 9.59 Å². The molecule has 160 valence electrons. The summed E-state index contributed by atoms with van der Waals surface area (Å²) in [6.45, 7) is 2.07. The van der Waals surface area contributed by atoms with Gasteiger partial charge in [0.1, 0.15) is 4.32 Å². The molecule has 2 aromatic carbocycles. The van der Waals surface area contributed by atoms with Crippen molar-refractivity contribution in [2.75, 3.05) is 11.9 Å². The van der Waals surface area contributed by atoms with Gasteiger partial charge in [0.15, 0.2) is 5.78 Å². The van der Waals surface area contributed by atoms with Crippen molar-refractivity contribution >= 4 is 57.7 Å². The summed E-state index contributed by atoms with van der Waals surface area (Å²) in [6, 6.07) is 16.6. The van der Waals surface area contributed by atoms with Gasteiger partial charge in [-0.1, -0.05) is 60.7 Å². The smallest absolute Gasteiger partial charge is 0.266 e. The van der Waals surface area contributed by atoms with Gasteiger partial charge in [-0.3, -0.25) is 19.3 Å². The number of carbonyl (C=O) groups excluding carboxylic acids is 3. The van der Waals surface area contributed by atoms with Crippen molar-refractivity contribution in [3.63, 3.8) is 0 Å². The summed E-state index contributed by atoms with van der Waals surface area (Å²) in [5.41, 5.74) is 2.27. The number of benzene rings is 2. The van der Waals surface area contributed by atoms with Crippen LogP contribution in [0.3, 0.4) is 0 Å². The lowest BCUT2D eigenvalue weighted by Crippen LogP contribution is -2.29. The van der Waals surface area contributed by atoms with E-state index >= 15 is 0 Å². The van der Waals surface area contributed by atoms with Gasteiger partial charge in [-0.2, -0.15) is 0 Å². The van der Waals surface area contributed by atoms with Crippen molar-refractivity contribution in [1.29, 1.82) is 0 Å². The third kappa shape index (κ3) is 6.60. The number of rotatable bonds is 9. The largest absolute Gasteiger partial charge is 0.326 e. The summed E-state index contributed by atoms with van der Waals surface area (Å²) in [7, 11) is 0. The normalized spacial score (nSPS) is 14.9. The van der Waals surface area contributed by atoms with E-state index in [1.807, 2.05) is 36.4 Å². The maximum atomic E-state index is 12.6. The third-order valence-corrected chi connectivity index (χ3v) is 6.21. The first-order valence-electron chi connectivity index (χ1n) is 10.2. The number of Topliss-reactive ketones (excluding diaryl/α,β-unsaturated/α-hetero) is 1. The number of carbonyl (C=O) groups is 3.